The van der Waals surface area contributed by atoms with E-state index < -0.39 is 72.1 Å². The molecule has 0 bridgehead atoms. The molecule has 1 aliphatic heterocycles. The number of unbranched alkanes of at least 4 members (excludes halogenated alkanes) is 1. The summed E-state index contributed by atoms with van der Waals surface area (Å²) in [5.74, 6) is -5.03. The van der Waals surface area contributed by atoms with E-state index in [1.165, 1.54) is 4.90 Å². The van der Waals surface area contributed by atoms with Gasteiger partial charge in [-0.2, -0.15) is 0 Å². The second kappa shape index (κ2) is 20.2. The van der Waals surface area contributed by atoms with E-state index in [4.69, 9.17) is 5.73 Å². The fraction of sp³-hybridized carbons (Fsp3) is 0.472. The number of nitrogens with two attached hydrogens (primary N) is 1. The van der Waals surface area contributed by atoms with Crippen molar-refractivity contribution in [2.45, 2.75) is 96.3 Å². The van der Waals surface area contributed by atoms with E-state index in [0.717, 1.165) is 4.47 Å². The van der Waals surface area contributed by atoms with Crippen molar-refractivity contribution >= 4 is 68.8 Å². The van der Waals surface area contributed by atoms with Crippen molar-refractivity contribution in [3.8, 4) is 0 Å². The Labute approximate surface area is 311 Å². The molecule has 2 aromatic rings. The quantitative estimate of drug-likeness (QED) is 0.118. The van der Waals surface area contributed by atoms with Gasteiger partial charge in [0.25, 0.3) is 0 Å². The number of halogens is 1. The van der Waals surface area contributed by atoms with E-state index in [9.17, 15) is 38.7 Å². The zero-order chi connectivity index (χ0) is 38.4. The average Bonchev–Trinajstić information content (AvgIpc) is 3.60. The molecule has 0 aliphatic carbocycles. The van der Waals surface area contributed by atoms with Gasteiger partial charge in [-0.25, -0.2) is 4.79 Å². The molecule has 0 spiro atoms. The molecule has 1 unspecified atom stereocenters. The smallest absolute Gasteiger partial charge is 0.323 e. The van der Waals surface area contributed by atoms with Crippen LogP contribution in [-0.4, -0.2) is 82.3 Å². The summed E-state index contributed by atoms with van der Waals surface area (Å²) in [5, 5.41) is 22.8. The van der Waals surface area contributed by atoms with E-state index in [0.29, 0.717) is 49.0 Å². The minimum atomic E-state index is -1.56. The number of nitrogens with zero attached hydrogens (tertiary/aromatic N) is 1. The first kappa shape index (κ1) is 41.4. The van der Waals surface area contributed by atoms with E-state index in [1.807, 2.05) is 19.9 Å². The molecular weight excluding hydrogens is 738 g/mol. The highest BCUT2D eigenvalue weighted by atomic mass is 79.9. The van der Waals surface area contributed by atoms with Crippen molar-refractivity contribution in [1.29, 1.82) is 0 Å². The summed E-state index contributed by atoms with van der Waals surface area (Å²) < 4.78 is 0.721. The number of hydrogen-bond donors (Lipinski definition) is 7. The number of carboxylic acids is 1. The van der Waals surface area contributed by atoms with Gasteiger partial charge < -0.3 is 42.3 Å². The van der Waals surface area contributed by atoms with Crippen LogP contribution < -0.4 is 32.3 Å². The lowest BCUT2D eigenvalue weighted by atomic mass is 9.96. The van der Waals surface area contributed by atoms with E-state index in [1.54, 1.807) is 49.4 Å². The van der Waals surface area contributed by atoms with Crippen LogP contribution in [0.1, 0.15) is 71.3 Å². The molecule has 3 rings (SSSR count). The highest BCUT2D eigenvalue weighted by molar-refractivity contribution is 9.10. The first-order valence-electron chi connectivity index (χ1n) is 17.4. The predicted octanol–water partition coefficient (Wildman–Crippen LogP) is 3.28. The summed E-state index contributed by atoms with van der Waals surface area (Å²) in [4.78, 5) is 91.1. The van der Waals surface area contributed by atoms with Gasteiger partial charge in [-0.3, -0.25) is 28.8 Å². The normalized spacial score (nSPS) is 16.1. The maximum atomic E-state index is 13.5. The summed E-state index contributed by atoms with van der Waals surface area (Å²) in [6.07, 6.45) is 2.05. The summed E-state index contributed by atoms with van der Waals surface area (Å²) in [6.45, 7) is 5.75. The third-order valence-electron chi connectivity index (χ3n) is 8.85. The van der Waals surface area contributed by atoms with Crippen LogP contribution in [0.5, 0.6) is 0 Å². The summed E-state index contributed by atoms with van der Waals surface area (Å²) in [7, 11) is 0. The van der Waals surface area contributed by atoms with Crippen molar-refractivity contribution in [3.05, 3.63) is 58.6 Å². The highest BCUT2D eigenvalue weighted by Crippen LogP contribution is 2.23. The molecule has 16 heteroatoms. The number of likely N-dealkylation sites (tertiary alicyclic amines) is 1. The van der Waals surface area contributed by atoms with Gasteiger partial charge in [-0.15, -0.1) is 0 Å². The van der Waals surface area contributed by atoms with Crippen LogP contribution >= 0.6 is 15.9 Å². The third kappa shape index (κ3) is 12.4. The lowest BCUT2D eigenvalue weighted by Crippen LogP contribution is -2.59. The molecule has 1 fully saturated rings. The minimum Gasteiger partial charge on any atom is -0.481 e. The number of nitrogens with one attached hydrogen (secondary N) is 5. The maximum Gasteiger partial charge on any atom is 0.323 e. The number of hydrogen-bond acceptors (Lipinski definition) is 7. The Hall–Kier alpha value is -4.99. The molecule has 282 valence electrons. The van der Waals surface area contributed by atoms with Gasteiger partial charge in [0, 0.05) is 16.7 Å². The van der Waals surface area contributed by atoms with Crippen LogP contribution in [0.15, 0.2) is 53.0 Å². The predicted molar refractivity (Wildman–Crippen MR) is 198 cm³/mol. The van der Waals surface area contributed by atoms with Crippen molar-refractivity contribution in [1.82, 2.24) is 20.9 Å². The van der Waals surface area contributed by atoms with Gasteiger partial charge in [0.1, 0.15) is 24.2 Å². The lowest BCUT2D eigenvalue weighted by molar-refractivity contribution is -0.144. The average molecular weight is 787 g/mol. The molecule has 7 amide bonds. The Morgan fingerprint density at radius 2 is 1.60 bits per heavy atom. The number of carbonyl (C=O) groups excluding carboxylic acids is 6. The molecule has 0 radical (unpaired) electrons. The Morgan fingerprint density at radius 1 is 0.923 bits per heavy atom. The topological polar surface area (TPSA) is 229 Å². The first-order valence-corrected chi connectivity index (χ1v) is 18.2. The van der Waals surface area contributed by atoms with Gasteiger partial charge in [0.2, 0.25) is 29.5 Å². The zero-order valence-electron chi connectivity index (χ0n) is 29.6. The lowest BCUT2D eigenvalue weighted by Gasteiger charge is -2.32. The largest absolute Gasteiger partial charge is 0.481 e. The fourth-order valence-electron chi connectivity index (χ4n) is 5.76. The third-order valence-corrected chi connectivity index (χ3v) is 9.54. The van der Waals surface area contributed by atoms with E-state index in [2.05, 4.69) is 42.5 Å². The van der Waals surface area contributed by atoms with Gasteiger partial charge in [0.05, 0.1) is 18.5 Å². The molecule has 1 saturated heterocycles. The number of carboxylic acid groups (broad SMARTS) is 1. The van der Waals surface area contributed by atoms with Crippen LogP contribution in [0.2, 0.25) is 0 Å². The summed E-state index contributed by atoms with van der Waals surface area (Å²) in [5.41, 5.74) is 7.18. The monoisotopic (exact) mass is 785 g/mol. The minimum absolute atomic E-state index is 0.0973. The molecule has 0 aromatic heterocycles. The number of carbonyl (C=O) groups is 7. The van der Waals surface area contributed by atoms with Gasteiger partial charge in [0.15, 0.2) is 0 Å². The van der Waals surface area contributed by atoms with Crippen LogP contribution in [0.25, 0.3) is 0 Å². The first-order chi connectivity index (χ1) is 24.7. The van der Waals surface area contributed by atoms with Crippen molar-refractivity contribution in [2.24, 2.45) is 11.7 Å². The van der Waals surface area contributed by atoms with Crippen molar-refractivity contribution < 1.29 is 38.7 Å². The van der Waals surface area contributed by atoms with Gasteiger partial charge in [-0.1, -0.05) is 64.3 Å². The molecule has 0 saturated carbocycles. The molecule has 2 aromatic carbocycles. The summed E-state index contributed by atoms with van der Waals surface area (Å²) >= 11 is 3.37. The Kier molecular flexibility index (Phi) is 16.1. The standard InChI is InChI=1S/C36H48BrN7O8/c1-4-6-11-26(40-29(45)19-22-14-16-23(17-15-22)39-36(52)42-25-12-8-7-10-24(25)37)33(49)41-27(20-30(46)47)34(50)43-31(21(3)5-2)35(51)44-18-9-13-28(44)32(38)48/h7-8,10,12,14-17,21,26-28,31H,4-6,9,11,13,18-20H2,1-3H3,(H2,38,48)(H,40,45)(H,41,49)(H,43,50)(H,46,47)(H2,39,42,52)/t21?,26-,27-,28-,31-/m0/s1. The SMILES string of the molecule is CCCC[C@H](NC(=O)Cc1ccc(NC(=O)Nc2ccccc2Br)cc1)C(=O)N[C@@H](CC(=O)O)C(=O)N[C@H](C(=O)N1CCC[C@H]1C(N)=O)C(C)CC. The number of benzene rings is 2. The number of rotatable bonds is 18. The number of primary amides is 1. The van der Waals surface area contributed by atoms with E-state index in [-0.39, 0.29) is 25.3 Å². The van der Waals surface area contributed by atoms with E-state index >= 15 is 0 Å². The second-order valence-corrected chi connectivity index (χ2v) is 13.7. The number of anilines is 2. The maximum absolute atomic E-state index is 13.5. The highest BCUT2D eigenvalue weighted by Gasteiger charge is 2.39. The number of para-hydroxylation sites is 1. The molecule has 8 N–H and O–H groups in total. The molecule has 5 atom stereocenters. The number of urea groups is 1. The van der Waals surface area contributed by atoms with Crippen LogP contribution in [0.4, 0.5) is 16.2 Å². The van der Waals surface area contributed by atoms with Crippen LogP contribution in [-0.2, 0) is 35.2 Å². The number of aliphatic carboxylic acids is 1. The van der Waals surface area contributed by atoms with Crippen LogP contribution in [0.3, 0.4) is 0 Å². The molecule has 1 heterocycles. The molecule has 52 heavy (non-hydrogen) atoms. The molecule has 1 aliphatic rings. The van der Waals surface area contributed by atoms with Crippen molar-refractivity contribution in [2.75, 3.05) is 17.2 Å². The Bertz CT molecular complexity index is 1610. The zero-order valence-corrected chi connectivity index (χ0v) is 31.2. The summed E-state index contributed by atoms with van der Waals surface area (Å²) in [6, 6.07) is 8.73. The number of amides is 7. The Balaban J connectivity index is 1.66. The van der Waals surface area contributed by atoms with Crippen LogP contribution in [0, 0.1) is 5.92 Å². The van der Waals surface area contributed by atoms with Gasteiger partial charge in [-0.05, 0) is 70.9 Å². The molecule has 15 nitrogen and oxygen atoms in total. The second-order valence-electron chi connectivity index (χ2n) is 12.8. The molecular formula is C36H48BrN7O8. The Morgan fingerprint density at radius 3 is 2.21 bits per heavy atom. The fourth-order valence-corrected chi connectivity index (χ4v) is 6.14. The van der Waals surface area contributed by atoms with Gasteiger partial charge >= 0.3 is 12.0 Å². The van der Waals surface area contributed by atoms with Crippen molar-refractivity contribution in [3.63, 3.8) is 0 Å².